The van der Waals surface area contributed by atoms with E-state index in [4.69, 9.17) is 9.47 Å². The molecule has 0 fully saturated rings. The summed E-state index contributed by atoms with van der Waals surface area (Å²) in [5.41, 5.74) is 4.29. The van der Waals surface area contributed by atoms with Crippen molar-refractivity contribution in [1.29, 1.82) is 0 Å². The summed E-state index contributed by atoms with van der Waals surface area (Å²) in [6.07, 6.45) is 7.20. The van der Waals surface area contributed by atoms with Crippen molar-refractivity contribution in [2.45, 2.75) is 65.1 Å². The van der Waals surface area contributed by atoms with Crippen LogP contribution in [0.15, 0.2) is 72.8 Å². The maximum atomic E-state index is 9.65. The van der Waals surface area contributed by atoms with E-state index in [1.807, 2.05) is 48.5 Å². The van der Waals surface area contributed by atoms with Crippen LogP contribution in [0.25, 0.3) is 11.1 Å². The zero-order chi connectivity index (χ0) is 22.6. The summed E-state index contributed by atoms with van der Waals surface area (Å²) in [6, 6.07) is 24.3. The Morgan fingerprint density at radius 3 is 1.81 bits per heavy atom. The largest absolute Gasteiger partial charge is 0.494 e. The van der Waals surface area contributed by atoms with Gasteiger partial charge in [0, 0.05) is 0 Å². The fraction of sp³-hybridized carbons (Fsp3) is 0.379. The molecule has 0 saturated carbocycles. The highest BCUT2D eigenvalue weighted by molar-refractivity contribution is 5.64. The molecule has 32 heavy (non-hydrogen) atoms. The Kier molecular flexibility index (Phi) is 9.64. The highest BCUT2D eigenvalue weighted by atomic mass is 16.5. The van der Waals surface area contributed by atoms with Crippen LogP contribution in [0, 0.1) is 0 Å². The molecule has 0 aliphatic rings. The van der Waals surface area contributed by atoms with Gasteiger partial charge in [0.25, 0.3) is 0 Å². The zero-order valence-electron chi connectivity index (χ0n) is 19.4. The van der Waals surface area contributed by atoms with E-state index in [1.54, 1.807) is 6.92 Å². The lowest BCUT2D eigenvalue weighted by atomic mass is 10.0. The van der Waals surface area contributed by atoms with Gasteiger partial charge in [-0.25, -0.2) is 0 Å². The van der Waals surface area contributed by atoms with Crippen LogP contribution in [-0.2, 0) is 6.61 Å². The molecular formula is C29H36O3. The van der Waals surface area contributed by atoms with Crippen LogP contribution in [0.3, 0.4) is 0 Å². The number of ether oxygens (including phenoxy) is 2. The van der Waals surface area contributed by atoms with Crippen LogP contribution < -0.4 is 9.47 Å². The van der Waals surface area contributed by atoms with Crippen molar-refractivity contribution in [3.8, 4) is 22.6 Å². The van der Waals surface area contributed by atoms with E-state index in [2.05, 4.69) is 31.2 Å². The smallest absolute Gasteiger partial charge is 0.119 e. The van der Waals surface area contributed by atoms with Crippen LogP contribution in [-0.4, -0.2) is 11.7 Å². The molecule has 3 rings (SSSR count). The Labute approximate surface area is 193 Å². The van der Waals surface area contributed by atoms with Crippen LogP contribution >= 0.6 is 0 Å². The van der Waals surface area contributed by atoms with Crippen molar-refractivity contribution < 1.29 is 14.6 Å². The number of hydrogen-bond acceptors (Lipinski definition) is 3. The second-order valence-corrected chi connectivity index (χ2v) is 8.37. The molecule has 0 saturated heterocycles. The molecule has 170 valence electrons. The van der Waals surface area contributed by atoms with Crippen LogP contribution in [0.5, 0.6) is 11.5 Å². The minimum Gasteiger partial charge on any atom is -0.494 e. The quantitative estimate of drug-likeness (QED) is 0.281. The number of benzene rings is 3. The maximum Gasteiger partial charge on any atom is 0.119 e. The third-order valence-corrected chi connectivity index (χ3v) is 5.68. The number of aliphatic hydroxyl groups excluding tert-OH is 1. The molecule has 3 aromatic rings. The van der Waals surface area contributed by atoms with Crippen LogP contribution in [0.4, 0.5) is 0 Å². The molecule has 3 heteroatoms. The molecule has 0 aliphatic carbocycles. The lowest BCUT2D eigenvalue weighted by molar-refractivity contribution is 0.199. The van der Waals surface area contributed by atoms with E-state index in [0.717, 1.165) is 46.8 Å². The lowest BCUT2D eigenvalue weighted by Crippen LogP contribution is -1.98. The molecule has 0 spiro atoms. The van der Waals surface area contributed by atoms with Gasteiger partial charge in [0.1, 0.15) is 18.1 Å². The summed E-state index contributed by atoms with van der Waals surface area (Å²) < 4.78 is 11.8. The average Bonchev–Trinajstić information content (AvgIpc) is 2.83. The molecule has 0 radical (unpaired) electrons. The summed E-state index contributed by atoms with van der Waals surface area (Å²) in [5, 5.41) is 9.65. The molecule has 1 unspecified atom stereocenters. The van der Waals surface area contributed by atoms with Gasteiger partial charge in [0.05, 0.1) is 12.7 Å². The van der Waals surface area contributed by atoms with Gasteiger partial charge < -0.3 is 14.6 Å². The first kappa shape index (κ1) is 23.9. The van der Waals surface area contributed by atoms with Crippen molar-refractivity contribution in [3.05, 3.63) is 83.9 Å². The third kappa shape index (κ3) is 7.72. The van der Waals surface area contributed by atoms with Gasteiger partial charge in [-0.3, -0.25) is 0 Å². The van der Waals surface area contributed by atoms with Crippen molar-refractivity contribution in [3.63, 3.8) is 0 Å². The fourth-order valence-electron chi connectivity index (χ4n) is 3.62. The molecule has 3 aromatic carbocycles. The first-order chi connectivity index (χ1) is 15.7. The highest BCUT2D eigenvalue weighted by Crippen LogP contribution is 2.25. The summed E-state index contributed by atoms with van der Waals surface area (Å²) in [7, 11) is 0. The second kappa shape index (κ2) is 12.9. The first-order valence-corrected chi connectivity index (χ1v) is 11.9. The van der Waals surface area contributed by atoms with Crippen LogP contribution in [0.2, 0.25) is 0 Å². The summed E-state index contributed by atoms with van der Waals surface area (Å²) in [4.78, 5) is 0. The Hall–Kier alpha value is -2.78. The Morgan fingerprint density at radius 1 is 0.656 bits per heavy atom. The molecule has 1 atom stereocenters. The molecule has 3 nitrogen and oxygen atoms in total. The Bertz CT molecular complexity index is 897. The van der Waals surface area contributed by atoms with Gasteiger partial charge in [-0.1, -0.05) is 87.6 Å². The fourth-order valence-corrected chi connectivity index (χ4v) is 3.62. The van der Waals surface area contributed by atoms with E-state index in [9.17, 15) is 5.11 Å². The molecule has 1 N–H and O–H groups in total. The molecule has 0 aliphatic heterocycles. The van der Waals surface area contributed by atoms with Crippen molar-refractivity contribution >= 4 is 0 Å². The van der Waals surface area contributed by atoms with E-state index in [-0.39, 0.29) is 0 Å². The minimum absolute atomic E-state index is 0.444. The van der Waals surface area contributed by atoms with Gasteiger partial charge in [-0.15, -0.1) is 0 Å². The lowest BCUT2D eigenvalue weighted by Gasteiger charge is -2.10. The highest BCUT2D eigenvalue weighted by Gasteiger charge is 2.03. The average molecular weight is 433 g/mol. The topological polar surface area (TPSA) is 38.7 Å². The Morgan fingerprint density at radius 2 is 1.19 bits per heavy atom. The number of rotatable bonds is 13. The first-order valence-electron chi connectivity index (χ1n) is 11.9. The minimum atomic E-state index is -0.444. The van der Waals surface area contributed by atoms with Gasteiger partial charge in [0.15, 0.2) is 0 Å². The standard InChI is InChI=1S/C29H36O3/c1-3-4-5-6-7-8-21-31-28-17-9-24(10-18-28)22-32-29-19-15-27(16-20-29)26-13-11-25(12-14-26)23(2)30/h9-20,23,30H,3-8,21-22H2,1-2H3. The van der Waals surface area contributed by atoms with Gasteiger partial charge in [-0.2, -0.15) is 0 Å². The zero-order valence-corrected chi connectivity index (χ0v) is 19.4. The summed E-state index contributed by atoms with van der Waals surface area (Å²) >= 11 is 0. The molecule has 0 bridgehead atoms. The number of unbranched alkanes of at least 4 members (excludes halogenated alkanes) is 5. The van der Waals surface area contributed by atoms with Gasteiger partial charge in [-0.05, 0) is 59.9 Å². The molecule has 0 heterocycles. The van der Waals surface area contributed by atoms with E-state index in [0.29, 0.717) is 6.61 Å². The Balaban J connectivity index is 1.41. The van der Waals surface area contributed by atoms with E-state index in [1.165, 1.54) is 32.1 Å². The molecule has 0 aromatic heterocycles. The van der Waals surface area contributed by atoms with E-state index >= 15 is 0 Å². The SMILES string of the molecule is CCCCCCCCOc1ccc(COc2ccc(-c3ccc(C(C)O)cc3)cc2)cc1. The van der Waals surface area contributed by atoms with Gasteiger partial charge >= 0.3 is 0 Å². The summed E-state index contributed by atoms with van der Waals surface area (Å²) in [6.45, 7) is 5.34. The summed E-state index contributed by atoms with van der Waals surface area (Å²) in [5.74, 6) is 1.77. The van der Waals surface area contributed by atoms with Crippen molar-refractivity contribution in [2.24, 2.45) is 0 Å². The van der Waals surface area contributed by atoms with Crippen molar-refractivity contribution in [1.82, 2.24) is 0 Å². The predicted octanol–water partition coefficient (Wildman–Crippen LogP) is 7.73. The van der Waals surface area contributed by atoms with Crippen molar-refractivity contribution in [2.75, 3.05) is 6.61 Å². The van der Waals surface area contributed by atoms with Crippen LogP contribution in [0.1, 0.15) is 69.6 Å². The van der Waals surface area contributed by atoms with E-state index < -0.39 is 6.10 Å². The number of hydrogen-bond donors (Lipinski definition) is 1. The monoisotopic (exact) mass is 432 g/mol. The maximum absolute atomic E-state index is 9.65. The molecular weight excluding hydrogens is 396 g/mol. The third-order valence-electron chi connectivity index (χ3n) is 5.68. The predicted molar refractivity (Wildman–Crippen MR) is 132 cm³/mol. The second-order valence-electron chi connectivity index (χ2n) is 8.37. The normalized spacial score (nSPS) is 11.8. The number of aliphatic hydroxyl groups is 1. The molecule has 0 amide bonds. The van der Waals surface area contributed by atoms with Gasteiger partial charge in [0.2, 0.25) is 0 Å².